The maximum Gasteiger partial charge on any atom is 1.00 e. The molecule has 0 radical (unpaired) electrons. The number of aromatic amines is 1. The molecule has 2 rings (SSSR count). The summed E-state index contributed by atoms with van der Waals surface area (Å²) >= 11 is 0. The van der Waals surface area contributed by atoms with E-state index in [1.807, 2.05) is 0 Å². The molecule has 17 heavy (non-hydrogen) atoms. The van der Waals surface area contributed by atoms with Crippen molar-refractivity contribution in [1.82, 2.24) is 15.2 Å². The molecular formula is C10H6N5NaO. The van der Waals surface area contributed by atoms with E-state index in [1.165, 1.54) is 6.19 Å². The first-order chi connectivity index (χ1) is 7.81. The van der Waals surface area contributed by atoms with Crippen molar-refractivity contribution in [2.45, 2.75) is 0 Å². The molecular weight excluding hydrogens is 229 g/mol. The van der Waals surface area contributed by atoms with Gasteiger partial charge >= 0.3 is 29.6 Å². The van der Waals surface area contributed by atoms with E-state index in [2.05, 4.69) is 20.2 Å². The van der Waals surface area contributed by atoms with Gasteiger partial charge in [0.25, 0.3) is 0 Å². The van der Waals surface area contributed by atoms with Crippen LogP contribution in [0.3, 0.4) is 0 Å². The van der Waals surface area contributed by atoms with Gasteiger partial charge in [0.05, 0.1) is 11.4 Å². The Kier molecular flexibility index (Phi) is 4.84. The summed E-state index contributed by atoms with van der Waals surface area (Å²) in [5.74, 6) is -0.629. The zero-order chi connectivity index (χ0) is 11.4. The van der Waals surface area contributed by atoms with Gasteiger partial charge in [0.2, 0.25) is 6.19 Å². The second kappa shape index (κ2) is 6.15. The monoisotopic (exact) mass is 235 g/mol. The minimum atomic E-state index is -0.629. The van der Waals surface area contributed by atoms with E-state index in [1.54, 1.807) is 30.6 Å². The summed E-state index contributed by atoms with van der Waals surface area (Å²) in [6.07, 6.45) is 4.69. The quantitative estimate of drug-likeness (QED) is 0.260. The van der Waals surface area contributed by atoms with Crippen molar-refractivity contribution in [3.8, 4) is 17.5 Å². The average molecular weight is 235 g/mol. The maximum atomic E-state index is 11.2. The number of hydrogen-bond donors (Lipinski definition) is 1. The number of aromatic nitrogens is 3. The third-order valence-corrected chi connectivity index (χ3v) is 1.94. The summed E-state index contributed by atoms with van der Waals surface area (Å²) in [7, 11) is 0. The van der Waals surface area contributed by atoms with Crippen LogP contribution in [0.25, 0.3) is 11.3 Å². The summed E-state index contributed by atoms with van der Waals surface area (Å²) in [5, 5.41) is 25.9. The summed E-state index contributed by atoms with van der Waals surface area (Å²) in [4.78, 5) is 6.96. The Bertz CT molecular complexity index is 558. The molecule has 7 heteroatoms. The summed E-state index contributed by atoms with van der Waals surface area (Å²) in [5.41, 5.74) is 1.63. The van der Waals surface area contributed by atoms with Crippen LogP contribution < -0.4 is 34.7 Å². The Labute approximate surface area is 119 Å². The number of pyridine rings is 1. The topological polar surface area (TPSA) is 101 Å². The molecule has 0 spiro atoms. The van der Waals surface area contributed by atoms with Crippen LogP contribution in [0.4, 0.5) is 0 Å². The Balaban J connectivity index is 0.00000144. The van der Waals surface area contributed by atoms with Crippen molar-refractivity contribution in [2.75, 3.05) is 0 Å². The molecule has 2 heterocycles. The number of H-pyrrole nitrogens is 1. The van der Waals surface area contributed by atoms with Gasteiger partial charge in [-0.3, -0.25) is 10.1 Å². The van der Waals surface area contributed by atoms with Gasteiger partial charge in [-0.15, -0.1) is 0 Å². The fourth-order valence-corrected chi connectivity index (χ4v) is 1.21. The first-order valence-corrected chi connectivity index (χ1v) is 4.41. The molecule has 0 aliphatic rings. The Hall–Kier alpha value is -1.68. The molecule has 0 aliphatic heterocycles. The summed E-state index contributed by atoms with van der Waals surface area (Å²) < 4.78 is 0. The standard InChI is InChI=1S/C10H7N5O.Na/c11-6-13-10(16)9-5-8(14-15-9)7-1-3-12-4-2-7;/h1-5H,(H,13,16)(H,14,15);/q;+1/p-1. The van der Waals surface area contributed by atoms with Crippen LogP contribution in [0.15, 0.2) is 35.6 Å². The minimum Gasteiger partial charge on any atom is -0.857 e. The van der Waals surface area contributed by atoms with Crippen LogP contribution in [0.1, 0.15) is 5.69 Å². The average Bonchev–Trinajstić information content (AvgIpc) is 2.80. The van der Waals surface area contributed by atoms with Gasteiger partial charge < -0.3 is 5.11 Å². The number of aliphatic imine (C=N–C) groups is 1. The molecule has 0 fully saturated rings. The molecule has 78 valence electrons. The SMILES string of the molecule is N#CN=C([O-])c1cc(-c2ccncc2)n[nH]1.[Na+]. The maximum absolute atomic E-state index is 11.2. The van der Waals surface area contributed by atoms with Crippen molar-refractivity contribution in [3.05, 3.63) is 36.3 Å². The largest absolute Gasteiger partial charge is 1.00 e. The van der Waals surface area contributed by atoms with Crippen LogP contribution in [-0.2, 0) is 0 Å². The molecule has 2 aromatic rings. The van der Waals surface area contributed by atoms with Crippen LogP contribution in [0.2, 0.25) is 0 Å². The van der Waals surface area contributed by atoms with E-state index < -0.39 is 5.90 Å². The van der Waals surface area contributed by atoms with Crippen LogP contribution in [0, 0.1) is 11.5 Å². The van der Waals surface area contributed by atoms with E-state index in [4.69, 9.17) is 5.26 Å². The van der Waals surface area contributed by atoms with Gasteiger partial charge in [-0.1, -0.05) is 0 Å². The fraction of sp³-hybridized carbons (Fsp3) is 0. The van der Waals surface area contributed by atoms with Crippen molar-refractivity contribution in [3.63, 3.8) is 0 Å². The van der Waals surface area contributed by atoms with Crippen molar-refractivity contribution in [1.29, 1.82) is 5.26 Å². The molecule has 0 atom stereocenters. The normalized spacial score (nSPS) is 10.4. The third-order valence-electron chi connectivity index (χ3n) is 1.94. The van der Waals surface area contributed by atoms with Crippen molar-refractivity contribution in [2.24, 2.45) is 4.99 Å². The van der Waals surface area contributed by atoms with E-state index in [-0.39, 0.29) is 35.3 Å². The molecule has 0 aromatic carbocycles. The predicted molar refractivity (Wildman–Crippen MR) is 54.0 cm³/mol. The Morgan fingerprint density at radius 3 is 2.76 bits per heavy atom. The van der Waals surface area contributed by atoms with Gasteiger partial charge in [0.1, 0.15) is 0 Å². The first-order valence-electron chi connectivity index (χ1n) is 4.41. The molecule has 0 bridgehead atoms. The third kappa shape index (κ3) is 3.14. The predicted octanol–water partition coefficient (Wildman–Crippen LogP) is -2.94. The molecule has 0 aliphatic carbocycles. The van der Waals surface area contributed by atoms with E-state index in [9.17, 15) is 5.11 Å². The van der Waals surface area contributed by atoms with Crippen LogP contribution in [-0.4, -0.2) is 21.1 Å². The summed E-state index contributed by atoms with van der Waals surface area (Å²) in [6, 6.07) is 5.08. The first kappa shape index (κ1) is 13.4. The fourth-order valence-electron chi connectivity index (χ4n) is 1.21. The molecule has 0 saturated heterocycles. The number of nitriles is 1. The zero-order valence-corrected chi connectivity index (χ0v) is 11.1. The summed E-state index contributed by atoms with van der Waals surface area (Å²) in [6.45, 7) is 0. The Morgan fingerprint density at radius 2 is 2.12 bits per heavy atom. The molecule has 6 nitrogen and oxygen atoms in total. The Morgan fingerprint density at radius 1 is 1.41 bits per heavy atom. The number of nitrogens with zero attached hydrogens (tertiary/aromatic N) is 4. The molecule has 1 N–H and O–H groups in total. The van der Waals surface area contributed by atoms with Gasteiger partial charge in [-0.05, 0) is 18.2 Å². The van der Waals surface area contributed by atoms with Gasteiger partial charge in [0.15, 0.2) is 0 Å². The molecule has 0 amide bonds. The number of hydrogen-bond acceptors (Lipinski definition) is 5. The van der Waals surface area contributed by atoms with Crippen molar-refractivity contribution >= 4 is 5.90 Å². The van der Waals surface area contributed by atoms with E-state index in [0.29, 0.717) is 5.69 Å². The van der Waals surface area contributed by atoms with E-state index in [0.717, 1.165) is 5.56 Å². The van der Waals surface area contributed by atoms with Gasteiger partial charge in [-0.2, -0.15) is 15.4 Å². The second-order valence-electron chi connectivity index (χ2n) is 2.92. The second-order valence-corrected chi connectivity index (χ2v) is 2.92. The van der Waals surface area contributed by atoms with Crippen LogP contribution >= 0.6 is 0 Å². The van der Waals surface area contributed by atoms with Crippen molar-refractivity contribution < 1.29 is 34.7 Å². The number of nitrogens with one attached hydrogen (secondary N) is 1. The zero-order valence-electron chi connectivity index (χ0n) is 9.08. The van der Waals surface area contributed by atoms with Crippen LogP contribution in [0.5, 0.6) is 0 Å². The minimum absolute atomic E-state index is 0. The molecule has 2 aromatic heterocycles. The van der Waals surface area contributed by atoms with Gasteiger partial charge in [-0.25, -0.2) is 0 Å². The molecule has 0 saturated carbocycles. The van der Waals surface area contributed by atoms with Gasteiger partial charge in [0, 0.05) is 23.9 Å². The molecule has 0 unspecified atom stereocenters. The van der Waals surface area contributed by atoms with E-state index >= 15 is 0 Å². The smallest absolute Gasteiger partial charge is 0.857 e. The number of rotatable bonds is 2.